The lowest BCUT2D eigenvalue weighted by atomic mass is 10.00. The fraction of sp³-hybridized carbons (Fsp3) is 0.118. The van der Waals surface area contributed by atoms with Crippen molar-refractivity contribution in [1.82, 2.24) is 0 Å². The third kappa shape index (κ3) is 4.38. The molecule has 0 bridgehead atoms. The number of carbonyl (C=O) groups excluding carboxylic acids is 1. The van der Waals surface area contributed by atoms with Crippen molar-refractivity contribution in [3.63, 3.8) is 0 Å². The van der Waals surface area contributed by atoms with Crippen LogP contribution in [0.25, 0.3) is 6.08 Å². The van der Waals surface area contributed by atoms with E-state index >= 15 is 0 Å². The number of benzene rings is 2. The molecule has 2 rings (SSSR count). The minimum absolute atomic E-state index is 0.460. The largest absolute Gasteiger partial charge is 0.307 e. The van der Waals surface area contributed by atoms with E-state index in [1.54, 1.807) is 0 Å². The molecule has 0 aliphatic rings. The second-order valence-electron chi connectivity index (χ2n) is 3.97. The lowest BCUT2D eigenvalue weighted by molar-refractivity contribution is -0.0979. The smallest absolute Gasteiger partial charge is 0.106 e. The van der Waals surface area contributed by atoms with Crippen LogP contribution >= 0.6 is 0 Å². The Morgan fingerprint density at radius 2 is 1.39 bits per heavy atom. The predicted molar refractivity (Wildman–Crippen MR) is 77.5 cm³/mol. The molecule has 0 saturated carbocycles. The molecule has 0 fully saturated rings. The third-order valence-electron chi connectivity index (χ3n) is 2.70. The van der Waals surface area contributed by atoms with Crippen LogP contribution in [0.15, 0.2) is 66.7 Å². The van der Waals surface area contributed by atoms with Crippen LogP contribution in [0.2, 0.25) is 0 Å². The summed E-state index contributed by atoms with van der Waals surface area (Å²) in [6, 6.07) is 21.0. The summed E-state index contributed by atoms with van der Waals surface area (Å²) in [6.07, 6.45) is 4.42. The fourth-order valence-corrected chi connectivity index (χ4v) is 1.69. The highest BCUT2D eigenvalue weighted by Gasteiger charge is 1.98. The first-order valence-electron chi connectivity index (χ1n) is 5.93. The lowest BCUT2D eigenvalue weighted by Crippen LogP contribution is -1.87. The highest BCUT2D eigenvalue weighted by Crippen LogP contribution is 2.17. The Hall–Kier alpha value is -2.15. The predicted octanol–water partition coefficient (Wildman–Crippen LogP) is 4.32. The van der Waals surface area contributed by atoms with Crippen molar-refractivity contribution in [2.24, 2.45) is 0 Å². The number of hydrogen-bond acceptors (Lipinski definition) is 1. The van der Waals surface area contributed by atoms with Gasteiger partial charge in [0.1, 0.15) is 6.79 Å². The van der Waals surface area contributed by atoms with Crippen LogP contribution in [0.3, 0.4) is 0 Å². The van der Waals surface area contributed by atoms with E-state index in [4.69, 9.17) is 4.79 Å². The number of allylic oxidation sites excluding steroid dienone is 1. The second kappa shape index (κ2) is 8.02. The zero-order valence-electron chi connectivity index (χ0n) is 10.6. The van der Waals surface area contributed by atoms with Crippen molar-refractivity contribution in [2.75, 3.05) is 0 Å². The normalized spacial score (nSPS) is 11.6. The van der Waals surface area contributed by atoms with Gasteiger partial charge in [0.05, 0.1) is 0 Å². The Morgan fingerprint density at radius 1 is 0.889 bits per heavy atom. The second-order valence-corrected chi connectivity index (χ2v) is 3.97. The topological polar surface area (TPSA) is 17.1 Å². The van der Waals surface area contributed by atoms with Gasteiger partial charge in [0, 0.05) is 0 Å². The van der Waals surface area contributed by atoms with Gasteiger partial charge < -0.3 is 4.79 Å². The molecular weight excluding hydrogens is 220 g/mol. The van der Waals surface area contributed by atoms with Crippen molar-refractivity contribution in [1.29, 1.82) is 0 Å². The van der Waals surface area contributed by atoms with Crippen LogP contribution in [-0.4, -0.2) is 6.79 Å². The van der Waals surface area contributed by atoms with Gasteiger partial charge in [-0.2, -0.15) is 0 Å². The van der Waals surface area contributed by atoms with Crippen LogP contribution in [-0.2, 0) is 4.79 Å². The van der Waals surface area contributed by atoms with Gasteiger partial charge in [-0.05, 0) is 17.0 Å². The zero-order valence-corrected chi connectivity index (χ0v) is 10.6. The van der Waals surface area contributed by atoms with Crippen molar-refractivity contribution >= 4 is 12.9 Å². The van der Waals surface area contributed by atoms with E-state index in [1.165, 1.54) is 11.1 Å². The van der Waals surface area contributed by atoms with E-state index in [0.717, 1.165) is 0 Å². The van der Waals surface area contributed by atoms with Crippen LogP contribution in [0, 0.1) is 0 Å². The molecule has 1 atom stereocenters. The molecule has 0 radical (unpaired) electrons. The van der Waals surface area contributed by atoms with E-state index in [-0.39, 0.29) is 0 Å². The first-order valence-corrected chi connectivity index (χ1v) is 5.93. The molecule has 0 N–H and O–H groups in total. The van der Waals surface area contributed by atoms with Gasteiger partial charge in [0.25, 0.3) is 0 Å². The van der Waals surface area contributed by atoms with Gasteiger partial charge in [0.15, 0.2) is 0 Å². The molecule has 1 unspecified atom stereocenters. The maximum absolute atomic E-state index is 8.00. The zero-order chi connectivity index (χ0) is 13.2. The third-order valence-corrected chi connectivity index (χ3v) is 2.70. The fourth-order valence-electron chi connectivity index (χ4n) is 1.69. The van der Waals surface area contributed by atoms with E-state index in [1.807, 2.05) is 12.9 Å². The minimum Gasteiger partial charge on any atom is -0.307 e. The lowest BCUT2D eigenvalue weighted by Gasteiger charge is -2.05. The van der Waals surface area contributed by atoms with Crippen molar-refractivity contribution < 1.29 is 4.79 Å². The van der Waals surface area contributed by atoms with E-state index in [2.05, 4.69) is 73.7 Å². The molecule has 1 heteroatoms. The Balaban J connectivity index is 0.000000771. The average molecular weight is 238 g/mol. The molecule has 0 saturated heterocycles. The molecule has 92 valence electrons. The molecule has 2 aromatic carbocycles. The summed E-state index contributed by atoms with van der Waals surface area (Å²) in [6.45, 7) is 4.22. The van der Waals surface area contributed by atoms with E-state index in [0.29, 0.717) is 5.92 Å². The molecule has 0 aliphatic carbocycles. The molecule has 0 spiro atoms. The summed E-state index contributed by atoms with van der Waals surface area (Å²) in [5.41, 5.74) is 2.61. The molecule has 1 nitrogen and oxygen atoms in total. The maximum atomic E-state index is 8.00. The highest BCUT2D eigenvalue weighted by atomic mass is 16.1. The summed E-state index contributed by atoms with van der Waals surface area (Å²) < 4.78 is 0. The molecule has 0 aliphatic heterocycles. The monoisotopic (exact) mass is 238 g/mol. The van der Waals surface area contributed by atoms with Gasteiger partial charge >= 0.3 is 0 Å². The van der Waals surface area contributed by atoms with Crippen molar-refractivity contribution in [3.05, 3.63) is 77.9 Å². The van der Waals surface area contributed by atoms with Gasteiger partial charge in [-0.1, -0.05) is 79.7 Å². The number of hydrogen-bond donors (Lipinski definition) is 0. The van der Waals surface area contributed by atoms with Gasteiger partial charge in [-0.25, -0.2) is 0 Å². The molecule has 2 aromatic rings. The minimum atomic E-state index is 0.460. The van der Waals surface area contributed by atoms with Crippen LogP contribution in [0.1, 0.15) is 24.0 Å². The maximum Gasteiger partial charge on any atom is 0.106 e. The summed E-state index contributed by atoms with van der Waals surface area (Å²) >= 11 is 0. The molecule has 18 heavy (non-hydrogen) atoms. The van der Waals surface area contributed by atoms with E-state index < -0.39 is 0 Å². The summed E-state index contributed by atoms with van der Waals surface area (Å²) in [5.74, 6) is 0.460. The Morgan fingerprint density at radius 3 is 1.94 bits per heavy atom. The summed E-state index contributed by atoms with van der Waals surface area (Å²) in [5, 5.41) is 0. The Kier molecular flexibility index (Phi) is 6.20. The summed E-state index contributed by atoms with van der Waals surface area (Å²) in [4.78, 5) is 8.00. The van der Waals surface area contributed by atoms with Crippen molar-refractivity contribution in [3.8, 4) is 0 Å². The molecule has 0 amide bonds. The number of rotatable bonds is 3. The Bertz CT molecular complexity index is 459. The van der Waals surface area contributed by atoms with Gasteiger partial charge in [-0.3, -0.25) is 0 Å². The highest BCUT2D eigenvalue weighted by molar-refractivity contribution is 5.50. The molecule has 0 heterocycles. The quantitative estimate of drug-likeness (QED) is 0.778. The summed E-state index contributed by atoms with van der Waals surface area (Å²) in [7, 11) is 0. The Labute approximate surface area is 109 Å². The molecule has 0 aromatic heterocycles. The standard InChI is InChI=1S/C16H16.CH2O/c1-14(16-10-6-3-7-11-16)12-13-15-8-4-2-5-9-15;1-2/h2-14H,1H3;1H2. The van der Waals surface area contributed by atoms with Gasteiger partial charge in [0.2, 0.25) is 0 Å². The first-order chi connectivity index (χ1) is 8.86. The number of carbonyl (C=O) groups is 1. The average Bonchev–Trinajstić information content (AvgIpc) is 2.49. The van der Waals surface area contributed by atoms with Crippen molar-refractivity contribution in [2.45, 2.75) is 12.8 Å². The molecular formula is C17H18O. The van der Waals surface area contributed by atoms with Crippen LogP contribution in [0.4, 0.5) is 0 Å². The van der Waals surface area contributed by atoms with Crippen LogP contribution < -0.4 is 0 Å². The van der Waals surface area contributed by atoms with E-state index in [9.17, 15) is 0 Å². The first kappa shape index (κ1) is 13.9. The SMILES string of the molecule is C=O.CC(C=Cc1ccccc1)c1ccccc1. The van der Waals surface area contributed by atoms with Gasteiger partial charge in [-0.15, -0.1) is 0 Å². The van der Waals surface area contributed by atoms with Crippen LogP contribution in [0.5, 0.6) is 0 Å².